The molecule has 2 N–H and O–H groups in total. The number of amides is 1. The summed E-state index contributed by atoms with van der Waals surface area (Å²) in [6.45, 7) is 5.96. The van der Waals surface area contributed by atoms with Crippen molar-refractivity contribution in [3.05, 3.63) is 65.4 Å². The van der Waals surface area contributed by atoms with Gasteiger partial charge in [-0.05, 0) is 42.8 Å². The van der Waals surface area contributed by atoms with Gasteiger partial charge in [0.15, 0.2) is 0 Å². The molecule has 3 aromatic rings. The predicted octanol–water partition coefficient (Wildman–Crippen LogP) is 2.06. The summed E-state index contributed by atoms with van der Waals surface area (Å²) in [5.74, 6) is 0.838. The second-order valence-corrected chi connectivity index (χ2v) is 7.84. The molecule has 1 fully saturated rings. The highest BCUT2D eigenvalue weighted by Gasteiger charge is 2.27. The Morgan fingerprint density at radius 1 is 1.17 bits per heavy atom. The lowest BCUT2D eigenvalue weighted by Gasteiger charge is -2.32. The maximum Gasteiger partial charge on any atom is 0.224 e. The van der Waals surface area contributed by atoms with Crippen LogP contribution in [0.1, 0.15) is 22.7 Å². The maximum atomic E-state index is 12.7. The maximum absolute atomic E-state index is 12.7. The zero-order chi connectivity index (χ0) is 20.9. The number of methoxy groups -OCH3 is 1. The van der Waals surface area contributed by atoms with E-state index in [1.54, 1.807) is 13.4 Å². The molecule has 4 rings (SSSR count). The molecule has 30 heavy (non-hydrogen) atoms. The molecular formula is C24H29N2O4+. The van der Waals surface area contributed by atoms with Crippen LogP contribution in [-0.4, -0.2) is 45.9 Å². The van der Waals surface area contributed by atoms with Gasteiger partial charge in [0.05, 0.1) is 39.6 Å². The molecule has 1 saturated heterocycles. The number of hydrogen-bond donors (Lipinski definition) is 2. The van der Waals surface area contributed by atoms with Crippen LogP contribution >= 0.6 is 0 Å². The summed E-state index contributed by atoms with van der Waals surface area (Å²) >= 11 is 0. The van der Waals surface area contributed by atoms with Gasteiger partial charge in [-0.1, -0.05) is 12.1 Å². The minimum Gasteiger partial charge on any atom is -0.497 e. The molecule has 1 aliphatic heterocycles. The van der Waals surface area contributed by atoms with Crippen molar-refractivity contribution < 1.29 is 23.6 Å². The fourth-order valence-electron chi connectivity index (χ4n) is 4.09. The molecule has 0 bridgehead atoms. The van der Waals surface area contributed by atoms with E-state index in [9.17, 15) is 4.79 Å². The van der Waals surface area contributed by atoms with Gasteiger partial charge in [0, 0.05) is 16.5 Å². The minimum absolute atomic E-state index is 0.00412. The number of nitrogens with one attached hydrogen (secondary N) is 2. The van der Waals surface area contributed by atoms with Crippen LogP contribution in [0.5, 0.6) is 5.75 Å². The van der Waals surface area contributed by atoms with E-state index in [4.69, 9.17) is 13.9 Å². The van der Waals surface area contributed by atoms with E-state index in [-0.39, 0.29) is 11.9 Å². The number of rotatable bonds is 7. The van der Waals surface area contributed by atoms with Gasteiger partial charge < -0.3 is 24.1 Å². The normalized spacial score (nSPS) is 15.8. The fourth-order valence-corrected chi connectivity index (χ4v) is 4.09. The number of morpholine rings is 1. The summed E-state index contributed by atoms with van der Waals surface area (Å²) in [6.07, 6.45) is 2.00. The molecule has 0 radical (unpaired) electrons. The molecule has 1 aromatic heterocycles. The van der Waals surface area contributed by atoms with Crippen LogP contribution in [0.25, 0.3) is 11.0 Å². The van der Waals surface area contributed by atoms with E-state index in [1.807, 2.05) is 37.3 Å². The van der Waals surface area contributed by atoms with E-state index in [0.717, 1.165) is 54.1 Å². The second-order valence-electron chi connectivity index (χ2n) is 7.84. The molecule has 0 unspecified atom stereocenters. The van der Waals surface area contributed by atoms with Gasteiger partial charge in [-0.2, -0.15) is 0 Å². The molecule has 0 saturated carbocycles. The average Bonchev–Trinajstić information content (AvgIpc) is 3.16. The zero-order valence-electron chi connectivity index (χ0n) is 17.6. The summed E-state index contributed by atoms with van der Waals surface area (Å²) in [6, 6.07) is 14.4. The molecule has 0 spiro atoms. The number of ether oxygens (including phenoxy) is 2. The van der Waals surface area contributed by atoms with Gasteiger partial charge in [0.1, 0.15) is 30.5 Å². The monoisotopic (exact) mass is 409 g/mol. The molecule has 0 aliphatic carbocycles. The van der Waals surface area contributed by atoms with Crippen LogP contribution in [0.15, 0.2) is 53.1 Å². The minimum atomic E-state index is 0.00412. The third-order valence-electron chi connectivity index (χ3n) is 5.81. The third-order valence-corrected chi connectivity index (χ3v) is 5.81. The quantitative estimate of drug-likeness (QED) is 0.627. The summed E-state index contributed by atoms with van der Waals surface area (Å²) in [4.78, 5) is 14.2. The Bertz CT molecular complexity index is 990. The molecule has 1 amide bonds. The first-order chi connectivity index (χ1) is 14.6. The average molecular weight is 410 g/mol. The lowest BCUT2D eigenvalue weighted by Crippen LogP contribution is -3.15. The zero-order valence-corrected chi connectivity index (χ0v) is 17.6. The van der Waals surface area contributed by atoms with Gasteiger partial charge in [-0.25, -0.2) is 0 Å². The van der Waals surface area contributed by atoms with E-state index in [2.05, 4.69) is 17.4 Å². The summed E-state index contributed by atoms with van der Waals surface area (Å²) in [7, 11) is 1.67. The van der Waals surface area contributed by atoms with E-state index in [1.165, 1.54) is 10.5 Å². The van der Waals surface area contributed by atoms with Crippen LogP contribution < -0.4 is 15.0 Å². The van der Waals surface area contributed by atoms with E-state index < -0.39 is 0 Å². The number of quaternary nitrogens is 1. The van der Waals surface area contributed by atoms with Crippen molar-refractivity contribution in [2.75, 3.05) is 40.0 Å². The van der Waals surface area contributed by atoms with Crippen molar-refractivity contribution in [3.8, 4) is 5.75 Å². The van der Waals surface area contributed by atoms with Crippen molar-refractivity contribution >= 4 is 16.9 Å². The van der Waals surface area contributed by atoms with Gasteiger partial charge in [0.25, 0.3) is 0 Å². The smallest absolute Gasteiger partial charge is 0.224 e. The number of carbonyl (C=O) groups is 1. The number of hydrogen-bond acceptors (Lipinski definition) is 4. The van der Waals surface area contributed by atoms with Crippen molar-refractivity contribution in [2.45, 2.75) is 19.4 Å². The highest BCUT2D eigenvalue weighted by Crippen LogP contribution is 2.23. The SMILES string of the molecule is COc1ccc([C@H](CNC(=O)Cc2coc3cc(C)ccc23)[NH+]2CCOCC2)cc1. The largest absolute Gasteiger partial charge is 0.497 e. The first-order valence-electron chi connectivity index (χ1n) is 10.4. The molecule has 6 nitrogen and oxygen atoms in total. The molecule has 158 valence electrons. The van der Waals surface area contributed by atoms with Gasteiger partial charge in [-0.15, -0.1) is 0 Å². The summed E-state index contributed by atoms with van der Waals surface area (Å²) in [5.41, 5.74) is 4.08. The highest BCUT2D eigenvalue weighted by molar-refractivity contribution is 5.87. The Hall–Kier alpha value is -2.83. The number of aryl methyl sites for hydroxylation is 1. The highest BCUT2D eigenvalue weighted by atomic mass is 16.5. The molecular weight excluding hydrogens is 380 g/mol. The van der Waals surface area contributed by atoms with Gasteiger partial charge in [0.2, 0.25) is 5.91 Å². The Kier molecular flexibility index (Phi) is 6.35. The van der Waals surface area contributed by atoms with Crippen LogP contribution in [0.3, 0.4) is 0 Å². The van der Waals surface area contributed by atoms with Crippen LogP contribution in [0.2, 0.25) is 0 Å². The number of carbonyl (C=O) groups excluding carboxylic acids is 1. The topological polar surface area (TPSA) is 65.1 Å². The molecule has 1 atom stereocenters. The van der Waals surface area contributed by atoms with E-state index >= 15 is 0 Å². The molecule has 2 aromatic carbocycles. The molecule has 2 heterocycles. The van der Waals surface area contributed by atoms with Crippen molar-refractivity contribution in [1.29, 1.82) is 0 Å². The Morgan fingerprint density at radius 3 is 2.67 bits per heavy atom. The molecule has 6 heteroatoms. The number of benzene rings is 2. The Morgan fingerprint density at radius 2 is 1.93 bits per heavy atom. The molecule has 1 aliphatic rings. The number of furan rings is 1. The van der Waals surface area contributed by atoms with Gasteiger partial charge in [-0.3, -0.25) is 4.79 Å². The number of fused-ring (bicyclic) bond motifs is 1. The van der Waals surface area contributed by atoms with E-state index in [0.29, 0.717) is 13.0 Å². The lowest BCUT2D eigenvalue weighted by molar-refractivity contribution is -0.937. The second kappa shape index (κ2) is 9.32. The van der Waals surface area contributed by atoms with Crippen LogP contribution in [0, 0.1) is 6.92 Å². The van der Waals surface area contributed by atoms with Crippen LogP contribution in [-0.2, 0) is 16.0 Å². The lowest BCUT2D eigenvalue weighted by atomic mass is 10.0. The van der Waals surface area contributed by atoms with Crippen molar-refractivity contribution in [3.63, 3.8) is 0 Å². The Balaban J connectivity index is 1.44. The van der Waals surface area contributed by atoms with Crippen molar-refractivity contribution in [1.82, 2.24) is 5.32 Å². The first-order valence-corrected chi connectivity index (χ1v) is 10.4. The third kappa shape index (κ3) is 4.66. The summed E-state index contributed by atoms with van der Waals surface area (Å²) < 4.78 is 16.4. The van der Waals surface area contributed by atoms with Crippen LogP contribution in [0.4, 0.5) is 0 Å². The van der Waals surface area contributed by atoms with Gasteiger partial charge >= 0.3 is 0 Å². The first kappa shape index (κ1) is 20.4. The Labute approximate surface area is 176 Å². The predicted molar refractivity (Wildman–Crippen MR) is 115 cm³/mol. The van der Waals surface area contributed by atoms with Crippen molar-refractivity contribution in [2.24, 2.45) is 0 Å². The fraction of sp³-hybridized carbons (Fsp3) is 0.375. The summed E-state index contributed by atoms with van der Waals surface area (Å²) in [5, 5.41) is 4.15. The standard InChI is InChI=1S/C24H28N2O4/c1-17-3-8-21-19(16-30-23(21)13-17)14-24(27)25-15-22(26-9-11-29-12-10-26)18-4-6-20(28-2)7-5-18/h3-8,13,16,22H,9-12,14-15H2,1-2H3,(H,25,27)/p+1/t22-/m0/s1.